The summed E-state index contributed by atoms with van der Waals surface area (Å²) in [7, 11) is 0. The Bertz CT molecular complexity index is 912. The van der Waals surface area contributed by atoms with Gasteiger partial charge in [-0.25, -0.2) is 9.37 Å². The molecule has 1 aromatic heterocycles. The average Bonchev–Trinajstić information content (AvgIpc) is 3.22. The predicted molar refractivity (Wildman–Crippen MR) is 98.2 cm³/mol. The molecule has 0 unspecified atom stereocenters. The molecule has 2 aromatic rings. The number of hydrogen-bond donors (Lipinski definition) is 1. The highest BCUT2D eigenvalue weighted by Crippen LogP contribution is 2.35. The molecule has 1 saturated heterocycles. The maximum Gasteiger partial charge on any atom is 0.246 e. The van der Waals surface area contributed by atoms with Gasteiger partial charge in [-0.15, -0.1) is 11.3 Å². The van der Waals surface area contributed by atoms with E-state index in [0.29, 0.717) is 23.7 Å². The summed E-state index contributed by atoms with van der Waals surface area (Å²) in [5.41, 5.74) is 1.34. The fourth-order valence-electron chi connectivity index (χ4n) is 3.41. The molecule has 1 aliphatic carbocycles. The zero-order valence-electron chi connectivity index (χ0n) is 14.2. The molecule has 0 spiro atoms. The molecule has 0 saturated carbocycles. The van der Waals surface area contributed by atoms with Gasteiger partial charge in [0.1, 0.15) is 12.4 Å². The largest absolute Gasteiger partial charge is 0.300 e. The van der Waals surface area contributed by atoms with Gasteiger partial charge in [-0.1, -0.05) is 12.2 Å². The van der Waals surface area contributed by atoms with E-state index in [1.54, 1.807) is 17.5 Å². The number of benzene rings is 1. The lowest BCUT2D eigenvalue weighted by Gasteiger charge is -2.14. The van der Waals surface area contributed by atoms with Crippen LogP contribution >= 0.6 is 11.3 Å². The minimum Gasteiger partial charge on any atom is -0.300 e. The van der Waals surface area contributed by atoms with Crippen molar-refractivity contribution in [3.8, 4) is 11.3 Å². The summed E-state index contributed by atoms with van der Waals surface area (Å²) in [5, 5.41) is 4.73. The molecule has 27 heavy (non-hydrogen) atoms. The second kappa shape index (κ2) is 7.03. The van der Waals surface area contributed by atoms with E-state index in [0.717, 1.165) is 10.5 Å². The van der Waals surface area contributed by atoms with Crippen LogP contribution in [-0.4, -0.2) is 34.2 Å². The van der Waals surface area contributed by atoms with Crippen LogP contribution in [0.1, 0.15) is 12.8 Å². The molecule has 0 radical (unpaired) electrons. The number of carbonyl (C=O) groups excluding carboxylic acids is 3. The molecule has 138 valence electrons. The van der Waals surface area contributed by atoms with Gasteiger partial charge in [-0.05, 0) is 37.1 Å². The highest BCUT2D eigenvalue weighted by Gasteiger charge is 2.47. The summed E-state index contributed by atoms with van der Waals surface area (Å²) >= 11 is 1.22. The minimum absolute atomic E-state index is 0.282. The van der Waals surface area contributed by atoms with Crippen LogP contribution in [-0.2, 0) is 14.4 Å². The van der Waals surface area contributed by atoms with E-state index in [2.05, 4.69) is 10.3 Å². The number of carbonyl (C=O) groups is 3. The Labute approximate surface area is 158 Å². The molecular weight excluding hydrogens is 369 g/mol. The summed E-state index contributed by atoms with van der Waals surface area (Å²) in [6.07, 6.45) is 4.90. The molecular formula is C19H16FN3O3S. The van der Waals surface area contributed by atoms with Gasteiger partial charge >= 0.3 is 0 Å². The van der Waals surface area contributed by atoms with E-state index < -0.39 is 5.91 Å². The monoisotopic (exact) mass is 385 g/mol. The third-order valence-electron chi connectivity index (χ3n) is 4.79. The molecule has 8 heteroatoms. The number of halogens is 1. The Hall–Kier alpha value is -2.87. The fourth-order valence-corrected chi connectivity index (χ4v) is 4.15. The van der Waals surface area contributed by atoms with Crippen molar-refractivity contribution < 1.29 is 18.8 Å². The van der Waals surface area contributed by atoms with Gasteiger partial charge in [0.25, 0.3) is 0 Å². The van der Waals surface area contributed by atoms with Gasteiger partial charge in [0, 0.05) is 10.9 Å². The molecule has 1 aromatic carbocycles. The normalized spacial score (nSPS) is 21.4. The van der Waals surface area contributed by atoms with Crippen LogP contribution in [0.4, 0.5) is 9.52 Å². The van der Waals surface area contributed by atoms with Crippen molar-refractivity contribution in [3.63, 3.8) is 0 Å². The molecule has 3 amide bonds. The summed E-state index contributed by atoms with van der Waals surface area (Å²) in [5.74, 6) is -2.06. The number of amides is 3. The first-order chi connectivity index (χ1) is 13.0. The standard InChI is InChI=1S/C19H16FN3O3S/c20-12-7-5-11(6-8-12)15-10-27-19(21-15)22-16(24)9-23-17(25)13-3-1-2-4-14(13)18(23)26/h1-2,5-8,10,13-14H,3-4,9H2,(H,21,22,24)/t13-,14-/m0/s1. The molecule has 1 fully saturated rings. The van der Waals surface area contributed by atoms with Crippen LogP contribution in [0.25, 0.3) is 11.3 Å². The van der Waals surface area contributed by atoms with E-state index >= 15 is 0 Å². The van der Waals surface area contributed by atoms with Crippen molar-refractivity contribution in [3.05, 3.63) is 47.6 Å². The number of allylic oxidation sites excluding steroid dienone is 2. The molecule has 0 bridgehead atoms. The van der Waals surface area contributed by atoms with Crippen molar-refractivity contribution >= 4 is 34.2 Å². The lowest BCUT2D eigenvalue weighted by molar-refractivity contribution is -0.142. The Morgan fingerprint density at radius 2 is 1.78 bits per heavy atom. The first-order valence-electron chi connectivity index (χ1n) is 8.54. The summed E-state index contributed by atoms with van der Waals surface area (Å²) in [6.45, 7) is -0.309. The predicted octanol–water partition coefficient (Wildman–Crippen LogP) is 2.84. The first kappa shape index (κ1) is 17.5. The van der Waals surface area contributed by atoms with E-state index in [-0.39, 0.29) is 36.0 Å². The topological polar surface area (TPSA) is 79.4 Å². The highest BCUT2D eigenvalue weighted by atomic mass is 32.1. The second-order valence-corrected chi connectivity index (χ2v) is 7.37. The van der Waals surface area contributed by atoms with E-state index in [1.807, 2.05) is 12.2 Å². The summed E-state index contributed by atoms with van der Waals surface area (Å²) in [4.78, 5) is 42.5. The number of nitrogens with one attached hydrogen (secondary N) is 1. The molecule has 1 aliphatic heterocycles. The molecule has 1 N–H and O–H groups in total. The zero-order valence-corrected chi connectivity index (χ0v) is 15.0. The van der Waals surface area contributed by atoms with Crippen molar-refractivity contribution in [1.82, 2.24) is 9.88 Å². The zero-order chi connectivity index (χ0) is 19.0. The van der Waals surface area contributed by atoms with Crippen molar-refractivity contribution in [2.24, 2.45) is 11.8 Å². The number of nitrogens with zero attached hydrogens (tertiary/aromatic N) is 2. The van der Waals surface area contributed by atoms with Gasteiger partial charge < -0.3 is 5.32 Å². The fraction of sp³-hybridized carbons (Fsp3) is 0.263. The maximum atomic E-state index is 13.0. The molecule has 2 heterocycles. The molecule has 6 nitrogen and oxygen atoms in total. The number of fused-ring (bicyclic) bond motifs is 1. The Morgan fingerprint density at radius 3 is 2.41 bits per heavy atom. The van der Waals surface area contributed by atoms with Crippen molar-refractivity contribution in [1.29, 1.82) is 0 Å². The maximum absolute atomic E-state index is 13.0. The quantitative estimate of drug-likeness (QED) is 0.648. The van der Waals surface area contributed by atoms with Crippen LogP contribution in [0.2, 0.25) is 0 Å². The van der Waals surface area contributed by atoms with Crippen LogP contribution in [0, 0.1) is 17.7 Å². The Balaban J connectivity index is 1.41. The molecule has 2 aliphatic rings. The number of imide groups is 1. The van der Waals surface area contributed by atoms with Crippen LogP contribution < -0.4 is 5.32 Å². The molecule has 4 rings (SSSR count). The highest BCUT2D eigenvalue weighted by molar-refractivity contribution is 7.14. The average molecular weight is 385 g/mol. The SMILES string of the molecule is O=C(CN1C(=O)[C@H]2CC=CC[C@@H]2C1=O)Nc1nc(-c2ccc(F)cc2)cs1. The van der Waals surface area contributed by atoms with Gasteiger partial charge in [-0.3, -0.25) is 19.3 Å². The number of hydrogen-bond acceptors (Lipinski definition) is 5. The van der Waals surface area contributed by atoms with E-state index in [1.165, 1.54) is 23.5 Å². The molecule has 2 atom stereocenters. The number of anilines is 1. The van der Waals surface area contributed by atoms with E-state index in [9.17, 15) is 18.8 Å². The lowest BCUT2D eigenvalue weighted by Crippen LogP contribution is -2.38. The number of rotatable bonds is 4. The van der Waals surface area contributed by atoms with Crippen LogP contribution in [0.15, 0.2) is 41.8 Å². The van der Waals surface area contributed by atoms with Crippen molar-refractivity contribution in [2.45, 2.75) is 12.8 Å². The van der Waals surface area contributed by atoms with Gasteiger partial charge in [-0.2, -0.15) is 0 Å². The van der Waals surface area contributed by atoms with Crippen LogP contribution in [0.5, 0.6) is 0 Å². The third-order valence-corrected chi connectivity index (χ3v) is 5.55. The number of thiazole rings is 1. The van der Waals surface area contributed by atoms with E-state index in [4.69, 9.17) is 0 Å². The second-order valence-electron chi connectivity index (χ2n) is 6.51. The van der Waals surface area contributed by atoms with Gasteiger partial charge in [0.15, 0.2) is 5.13 Å². The number of likely N-dealkylation sites (tertiary alicyclic amines) is 1. The first-order valence-corrected chi connectivity index (χ1v) is 9.42. The lowest BCUT2D eigenvalue weighted by atomic mass is 9.85. The Kier molecular flexibility index (Phi) is 4.57. The summed E-state index contributed by atoms with van der Waals surface area (Å²) in [6, 6.07) is 5.89. The Morgan fingerprint density at radius 1 is 1.15 bits per heavy atom. The number of aromatic nitrogens is 1. The third kappa shape index (κ3) is 3.40. The van der Waals surface area contributed by atoms with Gasteiger partial charge in [0.2, 0.25) is 17.7 Å². The smallest absolute Gasteiger partial charge is 0.246 e. The summed E-state index contributed by atoms with van der Waals surface area (Å²) < 4.78 is 13.0. The van der Waals surface area contributed by atoms with Gasteiger partial charge in [0.05, 0.1) is 17.5 Å². The minimum atomic E-state index is -0.469. The van der Waals surface area contributed by atoms with Crippen LogP contribution in [0.3, 0.4) is 0 Å². The van der Waals surface area contributed by atoms with Crippen molar-refractivity contribution in [2.75, 3.05) is 11.9 Å².